The third-order valence-corrected chi connectivity index (χ3v) is 1.29. The summed E-state index contributed by atoms with van der Waals surface area (Å²) in [5.41, 5.74) is 0. The molecule has 0 aromatic carbocycles. The van der Waals surface area contributed by atoms with Crippen LogP contribution in [0, 0.1) is 11.3 Å². The van der Waals surface area contributed by atoms with Crippen molar-refractivity contribution in [1.82, 2.24) is 0 Å². The van der Waals surface area contributed by atoms with Gasteiger partial charge in [0.25, 0.3) is 0 Å². The summed E-state index contributed by atoms with van der Waals surface area (Å²) in [7, 11) is 0. The van der Waals surface area contributed by atoms with Crippen molar-refractivity contribution in [3.8, 4) is 0 Å². The van der Waals surface area contributed by atoms with Crippen LogP contribution in [0.15, 0.2) is 12.2 Å². The maximum Gasteiger partial charge on any atom is -0.00450 e. The highest BCUT2D eigenvalue weighted by Gasteiger charge is 1.93. The molecular weight excluding hydrogens is 110 g/mol. The van der Waals surface area contributed by atoms with E-state index in [1.165, 1.54) is 6.21 Å². The van der Waals surface area contributed by atoms with Gasteiger partial charge in [0, 0.05) is 0 Å². The predicted octanol–water partition coefficient (Wildman–Crippen LogP) is 2.63. The van der Waals surface area contributed by atoms with Crippen molar-refractivity contribution >= 4 is 6.21 Å². The predicted molar refractivity (Wildman–Crippen MR) is 42.0 cm³/mol. The van der Waals surface area contributed by atoms with Gasteiger partial charge < -0.3 is 5.41 Å². The molecule has 1 unspecified atom stereocenters. The van der Waals surface area contributed by atoms with Gasteiger partial charge in [0.2, 0.25) is 0 Å². The van der Waals surface area contributed by atoms with Crippen molar-refractivity contribution in [2.75, 3.05) is 0 Å². The van der Waals surface area contributed by atoms with Crippen molar-refractivity contribution in [2.45, 2.75) is 26.7 Å². The molecule has 1 atom stereocenters. The SMILES string of the molecule is CC=CCC(C)CC=N. The number of hydrogen-bond acceptors (Lipinski definition) is 1. The molecule has 0 saturated carbocycles. The largest absolute Gasteiger partial charge is 0.313 e. The van der Waals surface area contributed by atoms with Gasteiger partial charge in [-0.05, 0) is 31.9 Å². The second-order valence-electron chi connectivity index (χ2n) is 2.35. The summed E-state index contributed by atoms with van der Waals surface area (Å²) in [5.74, 6) is 0.638. The van der Waals surface area contributed by atoms with Crippen LogP contribution in [0.3, 0.4) is 0 Å². The second-order valence-corrected chi connectivity index (χ2v) is 2.35. The Morgan fingerprint density at radius 3 is 2.56 bits per heavy atom. The summed E-state index contributed by atoms with van der Waals surface area (Å²) in [4.78, 5) is 0. The van der Waals surface area contributed by atoms with Gasteiger partial charge >= 0.3 is 0 Å². The van der Waals surface area contributed by atoms with Gasteiger partial charge in [-0.3, -0.25) is 0 Å². The van der Waals surface area contributed by atoms with Gasteiger partial charge in [-0.1, -0.05) is 19.1 Å². The van der Waals surface area contributed by atoms with E-state index < -0.39 is 0 Å². The molecule has 0 bridgehead atoms. The minimum absolute atomic E-state index is 0.638. The molecule has 0 amide bonds. The first-order chi connectivity index (χ1) is 4.31. The van der Waals surface area contributed by atoms with Crippen LogP contribution in [-0.2, 0) is 0 Å². The van der Waals surface area contributed by atoms with E-state index in [9.17, 15) is 0 Å². The zero-order valence-electron chi connectivity index (χ0n) is 6.22. The van der Waals surface area contributed by atoms with E-state index in [0.717, 1.165) is 12.8 Å². The molecule has 0 aromatic rings. The minimum atomic E-state index is 0.638. The van der Waals surface area contributed by atoms with Crippen molar-refractivity contribution in [3.05, 3.63) is 12.2 Å². The molecule has 0 saturated heterocycles. The summed E-state index contributed by atoms with van der Waals surface area (Å²) in [6.07, 6.45) is 7.69. The Bertz CT molecular complexity index is 94.7. The lowest BCUT2D eigenvalue weighted by atomic mass is 10.1. The molecule has 0 radical (unpaired) electrons. The summed E-state index contributed by atoms with van der Waals surface area (Å²) in [6.45, 7) is 4.18. The van der Waals surface area contributed by atoms with Crippen LogP contribution in [0.5, 0.6) is 0 Å². The second kappa shape index (κ2) is 5.54. The quantitative estimate of drug-likeness (QED) is 0.441. The zero-order valence-corrected chi connectivity index (χ0v) is 6.22. The Kier molecular flexibility index (Phi) is 5.18. The van der Waals surface area contributed by atoms with Crippen molar-refractivity contribution in [1.29, 1.82) is 5.41 Å². The molecule has 0 aliphatic heterocycles. The Hall–Kier alpha value is -0.590. The first-order valence-electron chi connectivity index (χ1n) is 3.41. The van der Waals surface area contributed by atoms with Crippen molar-refractivity contribution in [2.24, 2.45) is 5.92 Å². The van der Waals surface area contributed by atoms with Gasteiger partial charge in [0.05, 0.1) is 0 Å². The summed E-state index contributed by atoms with van der Waals surface area (Å²) < 4.78 is 0. The standard InChI is InChI=1S/C8H15N/c1-3-4-5-8(2)6-7-9/h3-4,7-9H,5-6H2,1-2H3. The van der Waals surface area contributed by atoms with Crippen molar-refractivity contribution in [3.63, 3.8) is 0 Å². The Balaban J connectivity index is 3.25. The normalized spacial score (nSPS) is 14.0. The lowest BCUT2D eigenvalue weighted by Gasteiger charge is -2.01. The van der Waals surface area contributed by atoms with E-state index in [0.29, 0.717) is 5.92 Å². The maximum atomic E-state index is 6.82. The van der Waals surface area contributed by atoms with Crippen LogP contribution in [-0.4, -0.2) is 6.21 Å². The molecule has 0 aliphatic carbocycles. The van der Waals surface area contributed by atoms with E-state index in [1.54, 1.807) is 0 Å². The molecule has 0 fully saturated rings. The fourth-order valence-electron chi connectivity index (χ4n) is 0.666. The smallest absolute Gasteiger partial charge is 0.00450 e. The Morgan fingerprint density at radius 2 is 2.11 bits per heavy atom. The Morgan fingerprint density at radius 1 is 1.44 bits per heavy atom. The molecule has 9 heavy (non-hydrogen) atoms. The van der Waals surface area contributed by atoms with Crippen molar-refractivity contribution < 1.29 is 0 Å². The molecule has 0 spiro atoms. The van der Waals surface area contributed by atoms with E-state index in [-0.39, 0.29) is 0 Å². The van der Waals surface area contributed by atoms with Crippen LogP contribution in [0.4, 0.5) is 0 Å². The molecule has 0 aliphatic rings. The minimum Gasteiger partial charge on any atom is -0.313 e. The number of nitrogens with one attached hydrogen (secondary N) is 1. The highest BCUT2D eigenvalue weighted by Crippen LogP contribution is 2.05. The van der Waals surface area contributed by atoms with Gasteiger partial charge in [-0.2, -0.15) is 0 Å². The third-order valence-electron chi connectivity index (χ3n) is 1.29. The summed E-state index contributed by atoms with van der Waals surface area (Å²) in [6, 6.07) is 0. The Labute approximate surface area is 57.3 Å². The third kappa shape index (κ3) is 5.28. The first-order valence-corrected chi connectivity index (χ1v) is 3.41. The van der Waals surface area contributed by atoms with E-state index in [4.69, 9.17) is 5.41 Å². The molecule has 0 aromatic heterocycles. The topological polar surface area (TPSA) is 23.9 Å². The highest BCUT2D eigenvalue weighted by atomic mass is 14.3. The van der Waals surface area contributed by atoms with Gasteiger partial charge in [-0.25, -0.2) is 0 Å². The molecule has 1 nitrogen and oxygen atoms in total. The fourth-order valence-corrected chi connectivity index (χ4v) is 0.666. The van der Waals surface area contributed by atoms with Crippen LogP contribution < -0.4 is 0 Å². The van der Waals surface area contributed by atoms with Crippen LogP contribution >= 0.6 is 0 Å². The lowest BCUT2D eigenvalue weighted by Crippen LogP contribution is -1.91. The number of rotatable bonds is 4. The van der Waals surface area contributed by atoms with Crippen LogP contribution in [0.25, 0.3) is 0 Å². The molecule has 1 heteroatoms. The average Bonchev–Trinajstić information content (AvgIpc) is 1.85. The monoisotopic (exact) mass is 125 g/mol. The first kappa shape index (κ1) is 8.41. The molecule has 52 valence electrons. The fraction of sp³-hybridized carbons (Fsp3) is 0.625. The highest BCUT2D eigenvalue weighted by molar-refractivity contribution is 5.53. The number of allylic oxidation sites excluding steroid dienone is 2. The van der Waals surface area contributed by atoms with Gasteiger partial charge in [0.1, 0.15) is 0 Å². The molecule has 0 heterocycles. The molecule has 0 rings (SSSR count). The number of hydrogen-bond donors (Lipinski definition) is 1. The summed E-state index contributed by atoms with van der Waals surface area (Å²) >= 11 is 0. The van der Waals surface area contributed by atoms with E-state index in [1.807, 2.05) is 6.92 Å². The lowest BCUT2D eigenvalue weighted by molar-refractivity contribution is 0.624. The average molecular weight is 125 g/mol. The van der Waals surface area contributed by atoms with Gasteiger partial charge in [-0.15, -0.1) is 0 Å². The van der Waals surface area contributed by atoms with E-state index in [2.05, 4.69) is 19.1 Å². The summed E-state index contributed by atoms with van der Waals surface area (Å²) in [5, 5.41) is 6.82. The maximum absolute atomic E-state index is 6.82. The molecule has 1 N–H and O–H groups in total. The van der Waals surface area contributed by atoms with Crippen LogP contribution in [0.1, 0.15) is 26.7 Å². The molecular formula is C8H15N. The van der Waals surface area contributed by atoms with Gasteiger partial charge in [0.15, 0.2) is 0 Å². The van der Waals surface area contributed by atoms with E-state index >= 15 is 0 Å². The zero-order chi connectivity index (χ0) is 7.11. The van der Waals surface area contributed by atoms with Crippen LogP contribution in [0.2, 0.25) is 0 Å².